The van der Waals surface area contributed by atoms with E-state index in [9.17, 15) is 4.39 Å². The summed E-state index contributed by atoms with van der Waals surface area (Å²) in [7, 11) is 0. The van der Waals surface area contributed by atoms with Crippen LogP contribution < -0.4 is 10.1 Å². The summed E-state index contributed by atoms with van der Waals surface area (Å²) >= 11 is 0. The molecular weight excluding hydrogens is 259 g/mol. The molecule has 20 heavy (non-hydrogen) atoms. The van der Waals surface area contributed by atoms with Crippen LogP contribution in [0.25, 0.3) is 11.4 Å². The molecule has 0 bridgehead atoms. The third-order valence-corrected chi connectivity index (χ3v) is 2.37. The molecule has 1 heterocycles. The summed E-state index contributed by atoms with van der Waals surface area (Å²) in [6, 6.07) is 6.34. The summed E-state index contributed by atoms with van der Waals surface area (Å²) in [6.07, 6.45) is -0.0489. The quantitative estimate of drug-likeness (QED) is 0.910. The molecule has 0 aliphatic heterocycles. The van der Waals surface area contributed by atoms with Gasteiger partial charge in [-0.05, 0) is 32.9 Å². The summed E-state index contributed by atoms with van der Waals surface area (Å²) in [5.74, 6) is 0.461. The Morgan fingerprint density at radius 3 is 2.70 bits per heavy atom. The van der Waals surface area contributed by atoms with Gasteiger partial charge < -0.3 is 10.1 Å². The van der Waals surface area contributed by atoms with E-state index in [1.165, 1.54) is 12.1 Å². The molecule has 1 N–H and O–H groups in total. The van der Waals surface area contributed by atoms with E-state index < -0.39 is 0 Å². The van der Waals surface area contributed by atoms with Crippen molar-refractivity contribution in [1.29, 1.82) is 0 Å². The predicted octanol–water partition coefficient (Wildman–Crippen LogP) is 2.90. The molecule has 5 nitrogen and oxygen atoms in total. The number of anilines is 1. The number of nitrogens with one attached hydrogen (secondary N) is 1. The minimum Gasteiger partial charge on any atom is -0.461 e. The van der Waals surface area contributed by atoms with Gasteiger partial charge in [-0.3, -0.25) is 0 Å². The van der Waals surface area contributed by atoms with Gasteiger partial charge >= 0.3 is 6.01 Å². The number of rotatable bonds is 5. The second-order valence-corrected chi connectivity index (χ2v) is 4.47. The summed E-state index contributed by atoms with van der Waals surface area (Å²) in [5, 5.41) is 3.01. The number of halogens is 1. The van der Waals surface area contributed by atoms with Gasteiger partial charge in [0, 0.05) is 12.1 Å². The van der Waals surface area contributed by atoms with E-state index >= 15 is 0 Å². The van der Waals surface area contributed by atoms with Gasteiger partial charge in [-0.15, -0.1) is 0 Å². The van der Waals surface area contributed by atoms with Crippen LogP contribution in [0.15, 0.2) is 24.3 Å². The zero-order valence-corrected chi connectivity index (χ0v) is 11.7. The molecule has 2 rings (SSSR count). The van der Waals surface area contributed by atoms with Gasteiger partial charge in [0.1, 0.15) is 5.82 Å². The maximum Gasteiger partial charge on any atom is 0.322 e. The summed E-state index contributed by atoms with van der Waals surface area (Å²) < 4.78 is 18.8. The average Bonchev–Trinajstić information content (AvgIpc) is 2.38. The van der Waals surface area contributed by atoms with Crippen LogP contribution in [0.1, 0.15) is 20.8 Å². The van der Waals surface area contributed by atoms with E-state index in [1.54, 1.807) is 12.1 Å². The highest BCUT2D eigenvalue weighted by Gasteiger charge is 2.10. The number of hydrogen-bond acceptors (Lipinski definition) is 5. The summed E-state index contributed by atoms with van der Waals surface area (Å²) in [5.41, 5.74) is 0.583. The maximum absolute atomic E-state index is 13.3. The third-order valence-electron chi connectivity index (χ3n) is 2.37. The van der Waals surface area contributed by atoms with Gasteiger partial charge in [0.15, 0.2) is 5.82 Å². The van der Waals surface area contributed by atoms with Crippen molar-refractivity contribution in [2.75, 3.05) is 11.9 Å². The van der Waals surface area contributed by atoms with E-state index in [0.29, 0.717) is 23.9 Å². The molecule has 6 heteroatoms. The molecule has 0 spiro atoms. The highest BCUT2D eigenvalue weighted by molar-refractivity contribution is 5.56. The first-order valence-corrected chi connectivity index (χ1v) is 6.51. The smallest absolute Gasteiger partial charge is 0.322 e. The van der Waals surface area contributed by atoms with Crippen molar-refractivity contribution in [3.8, 4) is 17.4 Å². The van der Waals surface area contributed by atoms with Crippen LogP contribution in [0.3, 0.4) is 0 Å². The standard InChI is InChI=1S/C14H17FN4O/c1-4-16-13-17-12(10-6-5-7-11(15)8-10)18-14(19-13)20-9(2)3/h5-9H,4H2,1-3H3,(H,16,17,18,19). The van der Waals surface area contributed by atoms with Crippen LogP contribution in [-0.2, 0) is 0 Å². The second-order valence-electron chi connectivity index (χ2n) is 4.47. The Kier molecular flexibility index (Phi) is 4.45. The predicted molar refractivity (Wildman–Crippen MR) is 75.1 cm³/mol. The lowest BCUT2D eigenvalue weighted by Gasteiger charge is -2.11. The fourth-order valence-electron chi connectivity index (χ4n) is 1.61. The van der Waals surface area contributed by atoms with E-state index in [1.807, 2.05) is 20.8 Å². The van der Waals surface area contributed by atoms with Gasteiger partial charge in [-0.1, -0.05) is 12.1 Å². The van der Waals surface area contributed by atoms with E-state index in [0.717, 1.165) is 0 Å². The van der Waals surface area contributed by atoms with Gasteiger partial charge in [-0.25, -0.2) is 4.39 Å². The molecule has 0 atom stereocenters. The Morgan fingerprint density at radius 2 is 2.05 bits per heavy atom. The number of aromatic nitrogens is 3. The highest BCUT2D eigenvalue weighted by atomic mass is 19.1. The first kappa shape index (κ1) is 14.2. The molecule has 0 saturated carbocycles. The maximum atomic E-state index is 13.3. The molecule has 0 aliphatic carbocycles. The summed E-state index contributed by atoms with van der Waals surface area (Å²) in [6.45, 7) is 6.39. The van der Waals surface area contributed by atoms with Crippen LogP contribution in [-0.4, -0.2) is 27.6 Å². The average molecular weight is 276 g/mol. The fourth-order valence-corrected chi connectivity index (χ4v) is 1.61. The molecule has 1 aromatic carbocycles. The van der Waals surface area contributed by atoms with E-state index in [4.69, 9.17) is 4.74 Å². The normalized spacial score (nSPS) is 10.7. The van der Waals surface area contributed by atoms with Gasteiger partial charge in [0.2, 0.25) is 5.95 Å². The summed E-state index contributed by atoms with van der Waals surface area (Å²) in [4.78, 5) is 12.6. The van der Waals surface area contributed by atoms with Crippen molar-refractivity contribution in [2.45, 2.75) is 26.9 Å². The molecule has 106 valence electrons. The molecule has 0 radical (unpaired) electrons. The Morgan fingerprint density at radius 1 is 1.25 bits per heavy atom. The lowest BCUT2D eigenvalue weighted by Crippen LogP contribution is -2.12. The number of hydrogen-bond donors (Lipinski definition) is 1. The minimum absolute atomic E-state index is 0.0489. The number of nitrogens with zero attached hydrogens (tertiary/aromatic N) is 3. The molecule has 0 saturated heterocycles. The molecule has 0 aliphatic rings. The van der Waals surface area contributed by atoms with Crippen molar-refractivity contribution >= 4 is 5.95 Å². The highest BCUT2D eigenvalue weighted by Crippen LogP contribution is 2.20. The lowest BCUT2D eigenvalue weighted by atomic mass is 10.2. The largest absolute Gasteiger partial charge is 0.461 e. The fraction of sp³-hybridized carbons (Fsp3) is 0.357. The lowest BCUT2D eigenvalue weighted by molar-refractivity contribution is 0.222. The van der Waals surface area contributed by atoms with Crippen molar-refractivity contribution in [3.05, 3.63) is 30.1 Å². The van der Waals surface area contributed by atoms with Crippen LogP contribution in [0, 0.1) is 5.82 Å². The molecule has 0 unspecified atom stereocenters. The number of benzene rings is 1. The van der Waals surface area contributed by atoms with Gasteiger partial charge in [0.25, 0.3) is 0 Å². The molecular formula is C14H17FN4O. The topological polar surface area (TPSA) is 59.9 Å². The van der Waals surface area contributed by atoms with Crippen molar-refractivity contribution < 1.29 is 9.13 Å². The van der Waals surface area contributed by atoms with Gasteiger partial charge in [0.05, 0.1) is 6.10 Å². The Labute approximate surface area is 117 Å². The van der Waals surface area contributed by atoms with Crippen LogP contribution in [0.5, 0.6) is 6.01 Å². The second kappa shape index (κ2) is 6.27. The van der Waals surface area contributed by atoms with Crippen molar-refractivity contribution in [3.63, 3.8) is 0 Å². The minimum atomic E-state index is -0.334. The first-order chi connectivity index (χ1) is 9.58. The van der Waals surface area contributed by atoms with Crippen molar-refractivity contribution in [1.82, 2.24) is 15.0 Å². The van der Waals surface area contributed by atoms with E-state index in [2.05, 4.69) is 20.3 Å². The van der Waals surface area contributed by atoms with Crippen LogP contribution >= 0.6 is 0 Å². The Hall–Kier alpha value is -2.24. The van der Waals surface area contributed by atoms with Crippen molar-refractivity contribution in [2.24, 2.45) is 0 Å². The molecule has 1 aromatic heterocycles. The Bertz CT molecular complexity index is 589. The van der Waals surface area contributed by atoms with Crippen LogP contribution in [0.4, 0.5) is 10.3 Å². The number of ether oxygens (including phenoxy) is 1. The van der Waals surface area contributed by atoms with Gasteiger partial charge in [-0.2, -0.15) is 15.0 Å². The zero-order chi connectivity index (χ0) is 14.5. The third kappa shape index (κ3) is 3.63. The molecule has 0 amide bonds. The monoisotopic (exact) mass is 276 g/mol. The SMILES string of the molecule is CCNc1nc(OC(C)C)nc(-c2cccc(F)c2)n1. The van der Waals surface area contributed by atoms with Crippen LogP contribution in [0.2, 0.25) is 0 Å². The Balaban J connectivity index is 2.43. The molecule has 2 aromatic rings. The zero-order valence-electron chi connectivity index (χ0n) is 11.7. The first-order valence-electron chi connectivity index (χ1n) is 6.51. The molecule has 0 fully saturated rings. The van der Waals surface area contributed by atoms with E-state index in [-0.39, 0.29) is 17.9 Å².